The molecule has 2 N–H and O–H groups in total. The average Bonchev–Trinajstić information content (AvgIpc) is 2.36. The first-order valence-corrected chi connectivity index (χ1v) is 6.91. The second-order valence-corrected chi connectivity index (χ2v) is 5.41. The summed E-state index contributed by atoms with van der Waals surface area (Å²) in [5.74, 6) is -0.395. The molecule has 2 aromatic carbocycles. The second-order valence-electron chi connectivity index (χ2n) is 4.16. The van der Waals surface area contributed by atoms with Crippen LogP contribution in [0.3, 0.4) is 0 Å². The number of nitrogens with one attached hydrogen (secondary N) is 2. The van der Waals surface area contributed by atoms with Gasteiger partial charge in [-0.2, -0.15) is 0 Å². The van der Waals surface area contributed by atoms with E-state index in [-0.39, 0.29) is 5.02 Å². The molecule has 0 atom stereocenters. The van der Waals surface area contributed by atoms with Gasteiger partial charge in [-0.15, -0.1) is 0 Å². The van der Waals surface area contributed by atoms with Crippen LogP contribution in [-0.4, -0.2) is 5.11 Å². The van der Waals surface area contributed by atoms with Crippen LogP contribution in [0.5, 0.6) is 0 Å². The number of hydrogen-bond donors (Lipinski definition) is 2. The molecule has 0 bridgehead atoms. The first kappa shape index (κ1) is 15.0. The molecule has 0 unspecified atom stereocenters. The van der Waals surface area contributed by atoms with E-state index in [4.69, 9.17) is 35.4 Å². The molecule has 6 heteroatoms. The van der Waals surface area contributed by atoms with E-state index in [0.717, 1.165) is 11.3 Å². The highest BCUT2D eigenvalue weighted by Crippen LogP contribution is 2.23. The third-order valence-electron chi connectivity index (χ3n) is 2.62. The van der Waals surface area contributed by atoms with Gasteiger partial charge < -0.3 is 10.6 Å². The Morgan fingerprint density at radius 1 is 1.05 bits per heavy atom. The molecule has 0 aliphatic heterocycles. The molecular formula is C14H11Cl2FN2S. The minimum Gasteiger partial charge on any atom is -0.332 e. The molecule has 0 spiro atoms. The van der Waals surface area contributed by atoms with E-state index in [1.807, 2.05) is 19.1 Å². The predicted molar refractivity (Wildman–Crippen MR) is 87.4 cm³/mol. The van der Waals surface area contributed by atoms with Gasteiger partial charge in [0, 0.05) is 10.7 Å². The fraction of sp³-hybridized carbons (Fsp3) is 0.0714. The summed E-state index contributed by atoms with van der Waals surface area (Å²) in [6, 6.07) is 9.49. The number of hydrogen-bond acceptors (Lipinski definition) is 1. The van der Waals surface area contributed by atoms with Crippen molar-refractivity contribution in [2.45, 2.75) is 6.92 Å². The van der Waals surface area contributed by atoms with E-state index < -0.39 is 5.82 Å². The first-order chi connectivity index (χ1) is 9.45. The highest BCUT2D eigenvalue weighted by Gasteiger charge is 2.06. The number of aryl methyl sites for hydroxylation is 1. The summed E-state index contributed by atoms with van der Waals surface area (Å²) in [5, 5.41) is 7.24. The Morgan fingerprint density at radius 3 is 2.35 bits per heavy atom. The van der Waals surface area contributed by atoms with Crippen LogP contribution < -0.4 is 10.6 Å². The molecule has 20 heavy (non-hydrogen) atoms. The number of anilines is 2. The van der Waals surface area contributed by atoms with Crippen molar-refractivity contribution in [1.29, 1.82) is 0 Å². The van der Waals surface area contributed by atoms with E-state index in [9.17, 15) is 4.39 Å². The smallest absolute Gasteiger partial charge is 0.175 e. The summed E-state index contributed by atoms with van der Waals surface area (Å²) in [5.41, 5.74) is 2.34. The number of benzene rings is 2. The summed E-state index contributed by atoms with van der Waals surface area (Å²) in [4.78, 5) is 0. The maximum atomic E-state index is 12.9. The zero-order valence-corrected chi connectivity index (χ0v) is 12.8. The summed E-state index contributed by atoms with van der Waals surface area (Å²) >= 11 is 17.0. The van der Waals surface area contributed by atoms with Gasteiger partial charge in [0.15, 0.2) is 5.11 Å². The Hall–Kier alpha value is -1.36. The van der Waals surface area contributed by atoms with Gasteiger partial charge >= 0.3 is 0 Å². The Labute approximate surface area is 131 Å². The van der Waals surface area contributed by atoms with Crippen molar-refractivity contribution in [3.05, 3.63) is 57.8 Å². The number of rotatable bonds is 2. The molecule has 2 nitrogen and oxygen atoms in total. The molecule has 0 saturated heterocycles. The van der Waals surface area contributed by atoms with Crippen molar-refractivity contribution in [2.75, 3.05) is 10.6 Å². The van der Waals surface area contributed by atoms with Gasteiger partial charge in [0.1, 0.15) is 5.82 Å². The highest BCUT2D eigenvalue weighted by molar-refractivity contribution is 7.80. The van der Waals surface area contributed by atoms with Crippen molar-refractivity contribution >= 4 is 51.9 Å². The van der Waals surface area contributed by atoms with Crippen molar-refractivity contribution in [3.8, 4) is 0 Å². The third-order valence-corrected chi connectivity index (χ3v) is 3.37. The molecule has 2 aromatic rings. The molecule has 0 aliphatic carbocycles. The second kappa shape index (κ2) is 6.39. The molecule has 2 rings (SSSR count). The van der Waals surface area contributed by atoms with Crippen LogP contribution in [0.4, 0.5) is 15.8 Å². The normalized spacial score (nSPS) is 10.2. The van der Waals surface area contributed by atoms with Crippen molar-refractivity contribution < 1.29 is 4.39 Å². The number of halogens is 3. The van der Waals surface area contributed by atoms with E-state index >= 15 is 0 Å². The average molecular weight is 329 g/mol. The third kappa shape index (κ3) is 3.82. The summed E-state index contributed by atoms with van der Waals surface area (Å²) < 4.78 is 12.9. The summed E-state index contributed by atoms with van der Waals surface area (Å²) in [7, 11) is 0. The van der Waals surface area contributed by atoms with Gasteiger partial charge in [0.2, 0.25) is 0 Å². The minimum atomic E-state index is -0.395. The first-order valence-electron chi connectivity index (χ1n) is 5.75. The zero-order valence-electron chi connectivity index (χ0n) is 10.5. The predicted octanol–water partition coefficient (Wildman–Crippen LogP) is 5.25. The lowest BCUT2D eigenvalue weighted by molar-refractivity contribution is 0.628. The molecular weight excluding hydrogens is 318 g/mol. The Bertz CT molecular complexity index is 606. The van der Waals surface area contributed by atoms with Gasteiger partial charge in [-0.3, -0.25) is 0 Å². The minimum absolute atomic E-state index is 0.266. The van der Waals surface area contributed by atoms with Crippen LogP contribution in [0.15, 0.2) is 36.4 Å². The van der Waals surface area contributed by atoms with E-state index in [2.05, 4.69) is 10.6 Å². The Balaban J connectivity index is 2.09. The summed E-state index contributed by atoms with van der Waals surface area (Å²) in [6.07, 6.45) is 0. The molecule has 0 fully saturated rings. The Kier molecular flexibility index (Phi) is 4.81. The van der Waals surface area contributed by atoms with Gasteiger partial charge in [-0.25, -0.2) is 4.39 Å². The lowest BCUT2D eigenvalue weighted by Gasteiger charge is -2.13. The van der Waals surface area contributed by atoms with Crippen molar-refractivity contribution in [1.82, 2.24) is 0 Å². The molecule has 0 heterocycles. The highest BCUT2D eigenvalue weighted by atomic mass is 35.5. The van der Waals surface area contributed by atoms with Crippen LogP contribution in [-0.2, 0) is 0 Å². The lowest BCUT2D eigenvalue weighted by Crippen LogP contribution is -2.19. The van der Waals surface area contributed by atoms with E-state index in [1.54, 1.807) is 6.07 Å². The topological polar surface area (TPSA) is 24.1 Å². The zero-order chi connectivity index (χ0) is 14.7. The van der Waals surface area contributed by atoms with Gasteiger partial charge in [0.25, 0.3) is 0 Å². The standard InChI is InChI=1S/C14H11Cl2FN2S/c1-8-6-9(15)2-4-12(8)18-14(20)19-13-5-3-10(17)7-11(13)16/h2-7H,1H3,(H2,18,19,20). The monoisotopic (exact) mass is 328 g/mol. The SMILES string of the molecule is Cc1cc(Cl)ccc1NC(=S)Nc1ccc(F)cc1Cl. The molecule has 0 saturated carbocycles. The molecule has 104 valence electrons. The Morgan fingerprint density at radius 2 is 1.70 bits per heavy atom. The van der Waals surface area contributed by atoms with Crippen molar-refractivity contribution in [3.63, 3.8) is 0 Å². The molecule has 0 aliphatic rings. The van der Waals surface area contributed by atoms with Crippen LogP contribution in [0.25, 0.3) is 0 Å². The fourth-order valence-electron chi connectivity index (χ4n) is 1.63. The largest absolute Gasteiger partial charge is 0.332 e. The van der Waals surface area contributed by atoms with Gasteiger partial charge in [-0.05, 0) is 61.1 Å². The fourth-order valence-corrected chi connectivity index (χ4v) is 2.30. The van der Waals surface area contributed by atoms with E-state index in [0.29, 0.717) is 15.8 Å². The molecule has 0 amide bonds. The molecule has 0 aromatic heterocycles. The number of thiocarbonyl (C=S) groups is 1. The van der Waals surface area contributed by atoms with Crippen LogP contribution in [0.1, 0.15) is 5.56 Å². The maximum absolute atomic E-state index is 12.9. The van der Waals surface area contributed by atoms with Crippen LogP contribution >= 0.6 is 35.4 Å². The lowest BCUT2D eigenvalue weighted by atomic mass is 10.2. The van der Waals surface area contributed by atoms with Gasteiger partial charge in [-0.1, -0.05) is 23.2 Å². The van der Waals surface area contributed by atoms with E-state index in [1.165, 1.54) is 18.2 Å². The summed E-state index contributed by atoms with van der Waals surface area (Å²) in [6.45, 7) is 1.92. The maximum Gasteiger partial charge on any atom is 0.175 e. The van der Waals surface area contributed by atoms with Crippen LogP contribution in [0.2, 0.25) is 10.0 Å². The van der Waals surface area contributed by atoms with Crippen molar-refractivity contribution in [2.24, 2.45) is 0 Å². The van der Waals surface area contributed by atoms with Crippen LogP contribution in [0, 0.1) is 12.7 Å². The molecule has 0 radical (unpaired) electrons. The van der Waals surface area contributed by atoms with Gasteiger partial charge in [0.05, 0.1) is 10.7 Å². The quantitative estimate of drug-likeness (QED) is 0.736.